The summed E-state index contributed by atoms with van der Waals surface area (Å²) in [7, 11) is 1.82. The number of fused-ring (bicyclic) bond motifs is 1. The highest BCUT2D eigenvalue weighted by molar-refractivity contribution is 6.05. The lowest BCUT2D eigenvalue weighted by molar-refractivity contribution is 0.0786. The van der Waals surface area contributed by atoms with E-state index in [4.69, 9.17) is 0 Å². The molecule has 0 radical (unpaired) electrons. The molecule has 140 valence electrons. The Morgan fingerprint density at radius 2 is 1.75 bits per heavy atom. The van der Waals surface area contributed by atoms with E-state index in [0.29, 0.717) is 12.1 Å². The van der Waals surface area contributed by atoms with Gasteiger partial charge in [-0.15, -0.1) is 0 Å². The summed E-state index contributed by atoms with van der Waals surface area (Å²) in [5.74, 6) is -0.0458. The predicted molar refractivity (Wildman–Crippen MR) is 111 cm³/mol. The molecule has 4 rings (SSSR count). The summed E-state index contributed by atoms with van der Waals surface area (Å²) in [6.07, 6.45) is 1.72. The SMILES string of the molecule is Cc1nn(-c2ccccc2)c(C)c1CN(C)C(=O)c1cccc2cccnc12. The van der Waals surface area contributed by atoms with Gasteiger partial charge in [0.1, 0.15) is 0 Å². The molecule has 28 heavy (non-hydrogen) atoms. The van der Waals surface area contributed by atoms with Crippen LogP contribution in [0.25, 0.3) is 16.6 Å². The van der Waals surface area contributed by atoms with E-state index in [1.54, 1.807) is 11.1 Å². The number of rotatable bonds is 4. The van der Waals surface area contributed by atoms with Crippen molar-refractivity contribution in [2.24, 2.45) is 0 Å². The average molecular weight is 370 g/mol. The average Bonchev–Trinajstić information content (AvgIpc) is 3.01. The second-order valence-corrected chi connectivity index (χ2v) is 6.94. The normalized spacial score (nSPS) is 11.0. The number of benzene rings is 2. The molecule has 5 heteroatoms. The van der Waals surface area contributed by atoms with Crippen LogP contribution >= 0.6 is 0 Å². The van der Waals surface area contributed by atoms with E-state index in [1.165, 1.54) is 0 Å². The third kappa shape index (κ3) is 3.16. The third-order valence-corrected chi connectivity index (χ3v) is 5.05. The number of amides is 1. The topological polar surface area (TPSA) is 51.0 Å². The lowest BCUT2D eigenvalue weighted by Crippen LogP contribution is -2.27. The molecule has 0 atom stereocenters. The van der Waals surface area contributed by atoms with Gasteiger partial charge in [-0.05, 0) is 38.1 Å². The van der Waals surface area contributed by atoms with Gasteiger partial charge in [-0.1, -0.05) is 36.4 Å². The molecule has 0 aliphatic carbocycles. The Labute approximate surface area is 164 Å². The van der Waals surface area contributed by atoms with E-state index in [2.05, 4.69) is 10.1 Å². The fraction of sp³-hybridized carbons (Fsp3) is 0.174. The van der Waals surface area contributed by atoms with Gasteiger partial charge in [-0.25, -0.2) is 4.68 Å². The summed E-state index contributed by atoms with van der Waals surface area (Å²) in [5.41, 5.74) is 5.40. The molecule has 2 heterocycles. The first kappa shape index (κ1) is 17.9. The molecule has 0 spiro atoms. The summed E-state index contributed by atoms with van der Waals surface area (Å²) >= 11 is 0. The molecule has 0 saturated carbocycles. The highest BCUT2D eigenvalue weighted by Crippen LogP contribution is 2.22. The molecular formula is C23H22N4O. The molecule has 0 bridgehead atoms. The number of para-hydroxylation sites is 2. The maximum atomic E-state index is 13.1. The van der Waals surface area contributed by atoms with Crippen molar-refractivity contribution in [1.29, 1.82) is 0 Å². The smallest absolute Gasteiger partial charge is 0.256 e. The van der Waals surface area contributed by atoms with Gasteiger partial charge in [0.2, 0.25) is 0 Å². The second kappa shape index (κ2) is 7.27. The molecule has 0 aliphatic heterocycles. The van der Waals surface area contributed by atoms with Crippen LogP contribution in [0.1, 0.15) is 27.3 Å². The van der Waals surface area contributed by atoms with Gasteiger partial charge < -0.3 is 4.90 Å². The number of nitrogens with zero attached hydrogens (tertiary/aromatic N) is 4. The molecular weight excluding hydrogens is 348 g/mol. The molecule has 2 aromatic carbocycles. The van der Waals surface area contributed by atoms with E-state index >= 15 is 0 Å². The van der Waals surface area contributed by atoms with Crippen LogP contribution < -0.4 is 0 Å². The summed E-state index contributed by atoms with van der Waals surface area (Å²) in [6, 6.07) is 19.6. The fourth-order valence-electron chi connectivity index (χ4n) is 3.52. The number of hydrogen-bond donors (Lipinski definition) is 0. The number of pyridine rings is 1. The number of carbonyl (C=O) groups is 1. The monoisotopic (exact) mass is 370 g/mol. The van der Waals surface area contributed by atoms with Crippen molar-refractivity contribution in [3.63, 3.8) is 0 Å². The highest BCUT2D eigenvalue weighted by atomic mass is 16.2. The Balaban J connectivity index is 1.64. The van der Waals surface area contributed by atoms with Crippen LogP contribution in [0.4, 0.5) is 0 Å². The van der Waals surface area contributed by atoms with Crippen LogP contribution in [-0.2, 0) is 6.54 Å². The summed E-state index contributed by atoms with van der Waals surface area (Å²) in [4.78, 5) is 19.3. The minimum Gasteiger partial charge on any atom is -0.337 e. The van der Waals surface area contributed by atoms with Gasteiger partial charge in [0.25, 0.3) is 5.91 Å². The van der Waals surface area contributed by atoms with E-state index in [0.717, 1.165) is 33.5 Å². The van der Waals surface area contributed by atoms with Gasteiger partial charge in [0.15, 0.2) is 0 Å². The van der Waals surface area contributed by atoms with Crippen LogP contribution in [-0.4, -0.2) is 32.6 Å². The van der Waals surface area contributed by atoms with E-state index < -0.39 is 0 Å². The molecule has 2 aromatic heterocycles. The number of carbonyl (C=O) groups excluding carboxylic acids is 1. The quantitative estimate of drug-likeness (QED) is 0.538. The largest absolute Gasteiger partial charge is 0.337 e. The predicted octanol–water partition coefficient (Wildman–Crippen LogP) is 4.31. The number of aryl methyl sites for hydroxylation is 1. The Kier molecular flexibility index (Phi) is 4.65. The van der Waals surface area contributed by atoms with Gasteiger partial charge in [-0.3, -0.25) is 9.78 Å². The maximum absolute atomic E-state index is 13.1. The second-order valence-electron chi connectivity index (χ2n) is 6.94. The molecule has 0 unspecified atom stereocenters. The van der Waals surface area contributed by atoms with Crippen molar-refractivity contribution in [1.82, 2.24) is 19.7 Å². The Hall–Kier alpha value is -3.47. The molecule has 0 fully saturated rings. The zero-order valence-electron chi connectivity index (χ0n) is 16.3. The van der Waals surface area contributed by atoms with Crippen molar-refractivity contribution in [2.75, 3.05) is 7.05 Å². The molecule has 4 aromatic rings. The van der Waals surface area contributed by atoms with Crippen molar-refractivity contribution >= 4 is 16.8 Å². The first-order chi connectivity index (χ1) is 13.6. The van der Waals surface area contributed by atoms with Crippen molar-refractivity contribution < 1.29 is 4.79 Å². The van der Waals surface area contributed by atoms with Crippen molar-refractivity contribution in [3.05, 3.63) is 89.4 Å². The van der Waals surface area contributed by atoms with Crippen LogP contribution in [0.15, 0.2) is 66.9 Å². The van der Waals surface area contributed by atoms with Gasteiger partial charge in [-0.2, -0.15) is 5.10 Å². The zero-order valence-corrected chi connectivity index (χ0v) is 16.3. The van der Waals surface area contributed by atoms with Crippen molar-refractivity contribution in [2.45, 2.75) is 20.4 Å². The minimum absolute atomic E-state index is 0.0458. The fourth-order valence-corrected chi connectivity index (χ4v) is 3.52. The van der Waals surface area contributed by atoms with E-state index in [-0.39, 0.29) is 5.91 Å². The standard InChI is InChI=1S/C23H22N4O/c1-16-21(17(2)27(25-16)19-11-5-4-6-12-19)15-26(3)23(28)20-13-7-9-18-10-8-14-24-22(18)20/h4-14H,15H2,1-3H3. The summed E-state index contributed by atoms with van der Waals surface area (Å²) in [5, 5.41) is 5.65. The maximum Gasteiger partial charge on any atom is 0.256 e. The molecule has 5 nitrogen and oxygen atoms in total. The minimum atomic E-state index is -0.0458. The van der Waals surface area contributed by atoms with Crippen LogP contribution in [0.2, 0.25) is 0 Å². The first-order valence-electron chi connectivity index (χ1n) is 9.26. The number of hydrogen-bond acceptors (Lipinski definition) is 3. The molecule has 0 aliphatic rings. The lowest BCUT2D eigenvalue weighted by Gasteiger charge is -2.18. The molecule has 1 amide bonds. The zero-order chi connectivity index (χ0) is 19.7. The Bertz CT molecular complexity index is 1140. The van der Waals surface area contributed by atoms with Gasteiger partial charge >= 0.3 is 0 Å². The molecule has 0 saturated heterocycles. The molecule has 0 N–H and O–H groups in total. The van der Waals surface area contributed by atoms with Gasteiger partial charge in [0, 0.05) is 36.4 Å². The Morgan fingerprint density at radius 3 is 2.54 bits per heavy atom. The van der Waals surface area contributed by atoms with Crippen LogP contribution in [0.5, 0.6) is 0 Å². The Morgan fingerprint density at radius 1 is 1.00 bits per heavy atom. The van der Waals surface area contributed by atoms with Crippen molar-refractivity contribution in [3.8, 4) is 5.69 Å². The number of aromatic nitrogens is 3. The van der Waals surface area contributed by atoms with Crippen LogP contribution in [0, 0.1) is 13.8 Å². The van der Waals surface area contributed by atoms with Crippen LogP contribution in [0.3, 0.4) is 0 Å². The summed E-state index contributed by atoms with van der Waals surface area (Å²) < 4.78 is 1.93. The highest BCUT2D eigenvalue weighted by Gasteiger charge is 2.20. The van der Waals surface area contributed by atoms with Gasteiger partial charge in [0.05, 0.1) is 22.5 Å². The summed E-state index contributed by atoms with van der Waals surface area (Å²) in [6.45, 7) is 4.52. The lowest BCUT2D eigenvalue weighted by atomic mass is 10.1. The van der Waals surface area contributed by atoms with E-state index in [1.807, 2.05) is 86.2 Å². The first-order valence-corrected chi connectivity index (χ1v) is 9.26. The third-order valence-electron chi connectivity index (χ3n) is 5.05. The van der Waals surface area contributed by atoms with E-state index in [9.17, 15) is 4.79 Å².